The van der Waals surface area contributed by atoms with Crippen LogP contribution in [-0.4, -0.2) is 19.6 Å². The summed E-state index contributed by atoms with van der Waals surface area (Å²) >= 11 is 0. The lowest BCUT2D eigenvalue weighted by Crippen LogP contribution is -2.19. The predicted octanol–water partition coefficient (Wildman–Crippen LogP) is 2.39. The summed E-state index contributed by atoms with van der Waals surface area (Å²) in [4.78, 5) is 2.33. The summed E-state index contributed by atoms with van der Waals surface area (Å²) in [6.45, 7) is 2.96. The van der Waals surface area contributed by atoms with Crippen LogP contribution in [0.25, 0.3) is 0 Å². The van der Waals surface area contributed by atoms with Gasteiger partial charge in [0.1, 0.15) is 5.82 Å². The smallest absolute Gasteiger partial charge is 0.123 e. The number of benzene rings is 1. The van der Waals surface area contributed by atoms with Crippen molar-refractivity contribution in [2.45, 2.75) is 19.3 Å². The molecule has 1 fully saturated rings. The fraction of sp³-hybridized carbons (Fsp3) is 0.538. The van der Waals surface area contributed by atoms with Crippen molar-refractivity contribution in [2.75, 3.05) is 24.5 Å². The van der Waals surface area contributed by atoms with Crippen LogP contribution in [0.2, 0.25) is 0 Å². The Morgan fingerprint density at radius 1 is 1.31 bits per heavy atom. The molecule has 0 saturated carbocycles. The van der Waals surface area contributed by atoms with Crippen molar-refractivity contribution >= 4 is 5.69 Å². The second-order valence-electron chi connectivity index (χ2n) is 4.51. The molecule has 1 aliphatic rings. The summed E-state index contributed by atoms with van der Waals surface area (Å²) in [6, 6.07) is 6.78. The molecule has 1 unspecified atom stereocenters. The van der Waals surface area contributed by atoms with Crippen LogP contribution >= 0.6 is 0 Å². The number of anilines is 1. The van der Waals surface area contributed by atoms with E-state index >= 15 is 0 Å². The van der Waals surface area contributed by atoms with E-state index in [1.54, 1.807) is 0 Å². The van der Waals surface area contributed by atoms with E-state index < -0.39 is 0 Å². The lowest BCUT2D eigenvalue weighted by Gasteiger charge is -2.18. The lowest BCUT2D eigenvalue weighted by atomic mass is 10.0. The molecule has 0 amide bonds. The van der Waals surface area contributed by atoms with Gasteiger partial charge < -0.3 is 10.6 Å². The summed E-state index contributed by atoms with van der Waals surface area (Å²) in [6.07, 6.45) is 3.56. The van der Waals surface area contributed by atoms with E-state index in [0.717, 1.165) is 37.7 Å². The Morgan fingerprint density at radius 2 is 2.06 bits per heavy atom. The van der Waals surface area contributed by atoms with Gasteiger partial charge in [0.05, 0.1) is 0 Å². The Bertz CT molecular complexity index is 323. The summed E-state index contributed by atoms with van der Waals surface area (Å²) in [5.74, 6) is 0.594. The molecule has 0 aromatic heterocycles. The van der Waals surface area contributed by atoms with Gasteiger partial charge in [-0.1, -0.05) is 0 Å². The van der Waals surface area contributed by atoms with Crippen LogP contribution in [0.4, 0.5) is 10.1 Å². The molecule has 0 bridgehead atoms. The lowest BCUT2D eigenvalue weighted by molar-refractivity contribution is 0.519. The summed E-state index contributed by atoms with van der Waals surface area (Å²) in [7, 11) is 0. The Kier molecular flexibility index (Phi) is 3.78. The van der Waals surface area contributed by atoms with Crippen molar-refractivity contribution in [1.82, 2.24) is 0 Å². The van der Waals surface area contributed by atoms with E-state index in [-0.39, 0.29) is 5.82 Å². The first kappa shape index (κ1) is 11.4. The number of nitrogens with zero attached hydrogens (tertiary/aromatic N) is 1. The minimum absolute atomic E-state index is 0.164. The standard InChI is InChI=1S/C13H19FN2/c14-12-3-5-13(6-4-12)16-9-7-11(10-16)2-1-8-15/h3-6,11H,1-2,7-10,15H2. The van der Waals surface area contributed by atoms with Crippen LogP contribution in [0, 0.1) is 11.7 Å². The van der Waals surface area contributed by atoms with Gasteiger partial charge in [-0.3, -0.25) is 0 Å². The van der Waals surface area contributed by atoms with Crippen LogP contribution in [0.3, 0.4) is 0 Å². The van der Waals surface area contributed by atoms with Gasteiger partial charge in [0.2, 0.25) is 0 Å². The molecule has 88 valence electrons. The van der Waals surface area contributed by atoms with Gasteiger partial charge in [-0.05, 0) is 56.0 Å². The predicted molar refractivity (Wildman–Crippen MR) is 65.0 cm³/mol. The molecule has 1 aliphatic heterocycles. The zero-order chi connectivity index (χ0) is 11.4. The molecule has 1 heterocycles. The highest BCUT2D eigenvalue weighted by molar-refractivity contribution is 5.47. The first-order valence-corrected chi connectivity index (χ1v) is 6.00. The highest BCUT2D eigenvalue weighted by Gasteiger charge is 2.21. The van der Waals surface area contributed by atoms with E-state index in [1.165, 1.54) is 25.0 Å². The normalized spacial score (nSPS) is 20.4. The number of rotatable bonds is 4. The van der Waals surface area contributed by atoms with E-state index in [9.17, 15) is 4.39 Å². The fourth-order valence-electron chi connectivity index (χ4n) is 2.36. The number of hydrogen-bond donors (Lipinski definition) is 1. The van der Waals surface area contributed by atoms with Gasteiger partial charge in [0, 0.05) is 18.8 Å². The van der Waals surface area contributed by atoms with Crippen LogP contribution < -0.4 is 10.6 Å². The first-order chi connectivity index (χ1) is 7.79. The van der Waals surface area contributed by atoms with Gasteiger partial charge in [-0.2, -0.15) is 0 Å². The van der Waals surface area contributed by atoms with Crippen molar-refractivity contribution in [3.63, 3.8) is 0 Å². The monoisotopic (exact) mass is 222 g/mol. The molecule has 2 N–H and O–H groups in total. The minimum Gasteiger partial charge on any atom is -0.371 e. The largest absolute Gasteiger partial charge is 0.371 e. The second-order valence-corrected chi connectivity index (χ2v) is 4.51. The number of halogens is 1. The average Bonchev–Trinajstić information content (AvgIpc) is 2.76. The van der Waals surface area contributed by atoms with Crippen molar-refractivity contribution < 1.29 is 4.39 Å². The third-order valence-electron chi connectivity index (χ3n) is 3.29. The van der Waals surface area contributed by atoms with Crippen molar-refractivity contribution in [1.29, 1.82) is 0 Å². The molecule has 1 aromatic rings. The molecule has 2 nitrogen and oxygen atoms in total. The molecular weight excluding hydrogens is 203 g/mol. The maximum atomic E-state index is 12.8. The molecule has 3 heteroatoms. The molecule has 0 aliphatic carbocycles. The molecule has 0 radical (unpaired) electrons. The van der Waals surface area contributed by atoms with Crippen molar-refractivity contribution in [3.05, 3.63) is 30.1 Å². The van der Waals surface area contributed by atoms with Gasteiger partial charge >= 0.3 is 0 Å². The van der Waals surface area contributed by atoms with Crippen molar-refractivity contribution in [2.24, 2.45) is 11.7 Å². The molecule has 16 heavy (non-hydrogen) atoms. The molecule has 0 spiro atoms. The van der Waals surface area contributed by atoms with Crippen LogP contribution in [0.1, 0.15) is 19.3 Å². The Hall–Kier alpha value is -1.09. The summed E-state index contributed by atoms with van der Waals surface area (Å²) < 4.78 is 12.8. The molecule has 2 rings (SSSR count). The van der Waals surface area contributed by atoms with E-state index in [1.807, 2.05) is 12.1 Å². The molecule has 1 aromatic carbocycles. The summed E-state index contributed by atoms with van der Waals surface area (Å²) in [5, 5.41) is 0. The Morgan fingerprint density at radius 3 is 2.75 bits per heavy atom. The van der Waals surface area contributed by atoms with Gasteiger partial charge in [-0.25, -0.2) is 4.39 Å². The highest BCUT2D eigenvalue weighted by Crippen LogP contribution is 2.26. The quantitative estimate of drug-likeness (QED) is 0.847. The topological polar surface area (TPSA) is 29.3 Å². The molecule has 1 atom stereocenters. The minimum atomic E-state index is -0.164. The number of hydrogen-bond acceptors (Lipinski definition) is 2. The summed E-state index contributed by atoms with van der Waals surface area (Å²) in [5.41, 5.74) is 6.65. The van der Waals surface area contributed by atoms with Crippen LogP contribution in [-0.2, 0) is 0 Å². The van der Waals surface area contributed by atoms with Gasteiger partial charge in [-0.15, -0.1) is 0 Å². The third kappa shape index (κ3) is 2.73. The maximum Gasteiger partial charge on any atom is 0.123 e. The van der Waals surface area contributed by atoms with Crippen LogP contribution in [0.5, 0.6) is 0 Å². The first-order valence-electron chi connectivity index (χ1n) is 6.00. The Balaban J connectivity index is 1.90. The second kappa shape index (κ2) is 5.30. The van der Waals surface area contributed by atoms with Crippen LogP contribution in [0.15, 0.2) is 24.3 Å². The highest BCUT2D eigenvalue weighted by atomic mass is 19.1. The zero-order valence-electron chi connectivity index (χ0n) is 9.53. The zero-order valence-corrected chi connectivity index (χ0v) is 9.53. The fourth-order valence-corrected chi connectivity index (χ4v) is 2.36. The third-order valence-corrected chi connectivity index (χ3v) is 3.29. The molecule has 1 saturated heterocycles. The van der Waals surface area contributed by atoms with E-state index in [4.69, 9.17) is 5.73 Å². The maximum absolute atomic E-state index is 12.8. The van der Waals surface area contributed by atoms with E-state index in [2.05, 4.69) is 4.90 Å². The molecular formula is C13H19FN2. The number of nitrogens with two attached hydrogens (primary N) is 1. The average molecular weight is 222 g/mol. The Labute approximate surface area is 96.2 Å². The van der Waals surface area contributed by atoms with E-state index in [0.29, 0.717) is 0 Å². The van der Waals surface area contributed by atoms with Gasteiger partial charge in [0.15, 0.2) is 0 Å². The van der Waals surface area contributed by atoms with Crippen molar-refractivity contribution in [3.8, 4) is 0 Å². The SMILES string of the molecule is NCCCC1CCN(c2ccc(F)cc2)C1. The van der Waals surface area contributed by atoms with Gasteiger partial charge in [0.25, 0.3) is 0 Å².